The Kier molecular flexibility index (Phi) is 6.77. The molecule has 0 bridgehead atoms. The minimum atomic E-state index is -0.456. The van der Waals surface area contributed by atoms with Crippen LogP contribution >= 0.6 is 0 Å². The molecule has 1 fully saturated rings. The average molecular weight is 448 g/mol. The molecule has 7 nitrogen and oxygen atoms in total. The number of nitrogens with one attached hydrogen (secondary N) is 2. The number of aryl methyl sites for hydroxylation is 1. The standard InChI is InChI=1S/C26H29N3O4/c1-16-3-8-20(9-4-16)27-25(31)15-33-21-10-5-18(6-11-21)22-14-23(29-26(32)28-22)19-7-12-24(30)17(2)13-19/h5-7,10-14,16,20,30H,3-4,8-9,15H2,1-2H3,(H,27,31)(H,28,29,32). The number of aromatic nitrogens is 2. The van der Waals surface area contributed by atoms with E-state index in [4.69, 9.17) is 4.74 Å². The largest absolute Gasteiger partial charge is 0.508 e. The van der Waals surface area contributed by atoms with Gasteiger partial charge < -0.3 is 20.1 Å². The molecule has 0 radical (unpaired) electrons. The first-order valence-corrected chi connectivity index (χ1v) is 11.3. The van der Waals surface area contributed by atoms with Crippen LogP contribution in [0.2, 0.25) is 0 Å². The van der Waals surface area contributed by atoms with Crippen molar-refractivity contribution in [3.8, 4) is 34.0 Å². The van der Waals surface area contributed by atoms with Gasteiger partial charge >= 0.3 is 5.69 Å². The van der Waals surface area contributed by atoms with Gasteiger partial charge in [0.25, 0.3) is 5.91 Å². The van der Waals surface area contributed by atoms with Gasteiger partial charge in [-0.3, -0.25) is 4.79 Å². The van der Waals surface area contributed by atoms with Gasteiger partial charge in [-0.15, -0.1) is 0 Å². The van der Waals surface area contributed by atoms with E-state index in [1.807, 2.05) is 12.1 Å². The second-order valence-corrected chi connectivity index (χ2v) is 8.82. The molecule has 1 aliphatic rings. The van der Waals surface area contributed by atoms with Crippen LogP contribution in [0.1, 0.15) is 38.2 Å². The van der Waals surface area contributed by atoms with Crippen molar-refractivity contribution < 1.29 is 14.6 Å². The average Bonchev–Trinajstić information content (AvgIpc) is 2.81. The Balaban J connectivity index is 1.40. The number of carbonyl (C=O) groups excluding carboxylic acids is 1. The number of aromatic hydroxyl groups is 1. The Labute approximate surface area is 192 Å². The molecule has 3 N–H and O–H groups in total. The summed E-state index contributed by atoms with van der Waals surface area (Å²) >= 11 is 0. The molecule has 0 spiro atoms. The Bertz CT molecular complexity index is 1180. The number of rotatable bonds is 6. The summed E-state index contributed by atoms with van der Waals surface area (Å²) in [7, 11) is 0. The van der Waals surface area contributed by atoms with Crippen molar-refractivity contribution in [2.45, 2.75) is 45.6 Å². The van der Waals surface area contributed by atoms with Gasteiger partial charge in [0.15, 0.2) is 6.61 Å². The number of hydrogen-bond acceptors (Lipinski definition) is 5. The summed E-state index contributed by atoms with van der Waals surface area (Å²) in [4.78, 5) is 31.2. The fraction of sp³-hybridized carbons (Fsp3) is 0.346. The summed E-state index contributed by atoms with van der Waals surface area (Å²) in [6.45, 7) is 4.02. The zero-order valence-corrected chi connectivity index (χ0v) is 18.9. The molecular formula is C26H29N3O4. The molecule has 0 saturated heterocycles. The highest BCUT2D eigenvalue weighted by Crippen LogP contribution is 2.27. The molecule has 0 unspecified atom stereocenters. The number of phenols is 1. The normalized spacial score (nSPS) is 18.0. The first kappa shape index (κ1) is 22.6. The lowest BCUT2D eigenvalue weighted by molar-refractivity contribution is -0.124. The first-order chi connectivity index (χ1) is 15.9. The van der Waals surface area contributed by atoms with E-state index >= 15 is 0 Å². The van der Waals surface area contributed by atoms with Crippen LogP contribution in [0.5, 0.6) is 11.5 Å². The van der Waals surface area contributed by atoms with Crippen LogP contribution in [0, 0.1) is 12.8 Å². The van der Waals surface area contributed by atoms with Crippen molar-refractivity contribution in [2.24, 2.45) is 5.92 Å². The van der Waals surface area contributed by atoms with Crippen molar-refractivity contribution in [3.05, 3.63) is 64.6 Å². The number of amides is 1. The molecule has 1 heterocycles. The van der Waals surface area contributed by atoms with E-state index in [1.54, 1.807) is 43.3 Å². The Morgan fingerprint density at radius 1 is 1.09 bits per heavy atom. The zero-order chi connectivity index (χ0) is 23.4. The third kappa shape index (κ3) is 5.80. The SMILES string of the molecule is Cc1cc(-c2cc(-c3ccc(OCC(=O)NC4CCC(C)CC4)cc3)[nH]c(=O)n2)ccc1O. The highest BCUT2D eigenvalue weighted by molar-refractivity contribution is 5.78. The monoisotopic (exact) mass is 447 g/mol. The van der Waals surface area contributed by atoms with Gasteiger partial charge in [-0.05, 0) is 98.2 Å². The number of H-pyrrole nitrogens is 1. The predicted octanol–water partition coefficient (Wildman–Crippen LogP) is 4.19. The molecule has 7 heteroatoms. The Morgan fingerprint density at radius 2 is 1.79 bits per heavy atom. The van der Waals surface area contributed by atoms with Gasteiger partial charge in [0.1, 0.15) is 11.5 Å². The maximum absolute atomic E-state index is 12.2. The number of benzene rings is 2. The van der Waals surface area contributed by atoms with Crippen molar-refractivity contribution in [2.75, 3.05) is 6.61 Å². The zero-order valence-electron chi connectivity index (χ0n) is 18.9. The van der Waals surface area contributed by atoms with Crippen molar-refractivity contribution in [1.29, 1.82) is 0 Å². The van der Waals surface area contributed by atoms with Crippen LogP contribution in [-0.4, -0.2) is 33.6 Å². The Morgan fingerprint density at radius 3 is 2.48 bits per heavy atom. The highest BCUT2D eigenvalue weighted by atomic mass is 16.5. The molecule has 1 aliphatic carbocycles. The quantitative estimate of drug-likeness (QED) is 0.526. The molecule has 0 atom stereocenters. The van der Waals surface area contributed by atoms with E-state index in [2.05, 4.69) is 22.2 Å². The number of ether oxygens (including phenoxy) is 1. The third-order valence-corrected chi connectivity index (χ3v) is 6.15. The van der Waals surface area contributed by atoms with E-state index in [0.717, 1.165) is 42.7 Å². The fourth-order valence-corrected chi connectivity index (χ4v) is 4.13. The van der Waals surface area contributed by atoms with Crippen LogP contribution in [0.3, 0.4) is 0 Å². The van der Waals surface area contributed by atoms with Crippen molar-refractivity contribution in [1.82, 2.24) is 15.3 Å². The minimum Gasteiger partial charge on any atom is -0.508 e. The molecule has 172 valence electrons. The van der Waals surface area contributed by atoms with Gasteiger partial charge in [-0.1, -0.05) is 6.92 Å². The molecule has 1 amide bonds. The van der Waals surface area contributed by atoms with E-state index < -0.39 is 5.69 Å². The smallest absolute Gasteiger partial charge is 0.345 e. The lowest BCUT2D eigenvalue weighted by Crippen LogP contribution is -2.39. The minimum absolute atomic E-state index is 0.0260. The molecule has 1 saturated carbocycles. The molecule has 3 aromatic rings. The maximum Gasteiger partial charge on any atom is 0.345 e. The lowest BCUT2D eigenvalue weighted by Gasteiger charge is -2.26. The van der Waals surface area contributed by atoms with Gasteiger partial charge in [-0.2, -0.15) is 4.98 Å². The molecule has 0 aliphatic heterocycles. The summed E-state index contributed by atoms with van der Waals surface area (Å²) in [6, 6.07) is 14.3. The first-order valence-electron chi connectivity index (χ1n) is 11.3. The summed E-state index contributed by atoms with van der Waals surface area (Å²) in [6.07, 6.45) is 4.35. The summed E-state index contributed by atoms with van der Waals surface area (Å²) in [5.74, 6) is 1.41. The van der Waals surface area contributed by atoms with Crippen molar-refractivity contribution in [3.63, 3.8) is 0 Å². The molecule has 33 heavy (non-hydrogen) atoms. The van der Waals surface area contributed by atoms with E-state index in [-0.39, 0.29) is 24.3 Å². The summed E-state index contributed by atoms with van der Waals surface area (Å²) in [5.41, 5.74) is 2.93. The second-order valence-electron chi connectivity index (χ2n) is 8.82. The van der Waals surface area contributed by atoms with Gasteiger partial charge in [0.05, 0.1) is 11.4 Å². The summed E-state index contributed by atoms with van der Waals surface area (Å²) in [5, 5.41) is 12.8. The van der Waals surface area contributed by atoms with E-state index in [1.165, 1.54) is 0 Å². The van der Waals surface area contributed by atoms with Gasteiger partial charge in [-0.25, -0.2) is 4.79 Å². The van der Waals surface area contributed by atoms with Crippen LogP contribution < -0.4 is 15.7 Å². The second kappa shape index (κ2) is 9.90. The van der Waals surface area contributed by atoms with Gasteiger partial charge in [0.2, 0.25) is 0 Å². The number of aromatic amines is 1. The molecular weight excluding hydrogens is 418 g/mol. The third-order valence-electron chi connectivity index (χ3n) is 6.15. The van der Waals surface area contributed by atoms with E-state index in [9.17, 15) is 14.7 Å². The maximum atomic E-state index is 12.2. The van der Waals surface area contributed by atoms with Crippen molar-refractivity contribution >= 4 is 5.91 Å². The van der Waals surface area contributed by atoms with Gasteiger partial charge in [0, 0.05) is 11.6 Å². The summed E-state index contributed by atoms with van der Waals surface area (Å²) < 4.78 is 5.64. The fourth-order valence-electron chi connectivity index (χ4n) is 4.13. The topological polar surface area (TPSA) is 104 Å². The van der Waals surface area contributed by atoms with Crippen LogP contribution in [0.15, 0.2) is 53.3 Å². The lowest BCUT2D eigenvalue weighted by atomic mass is 9.87. The highest BCUT2D eigenvalue weighted by Gasteiger charge is 2.19. The van der Waals surface area contributed by atoms with Crippen LogP contribution in [0.4, 0.5) is 0 Å². The molecule has 1 aromatic heterocycles. The molecule has 4 rings (SSSR count). The number of nitrogens with zero attached hydrogens (tertiary/aromatic N) is 1. The molecule has 2 aromatic carbocycles. The predicted molar refractivity (Wildman–Crippen MR) is 127 cm³/mol. The van der Waals surface area contributed by atoms with Crippen LogP contribution in [-0.2, 0) is 4.79 Å². The number of hydrogen-bond donors (Lipinski definition) is 3. The van der Waals surface area contributed by atoms with E-state index in [0.29, 0.717) is 22.7 Å². The van der Waals surface area contributed by atoms with Crippen LogP contribution in [0.25, 0.3) is 22.5 Å². The Hall–Kier alpha value is -3.61. The number of phenolic OH excluding ortho intramolecular Hbond substituents is 1. The number of carbonyl (C=O) groups is 1.